The summed E-state index contributed by atoms with van der Waals surface area (Å²) >= 11 is 0. The summed E-state index contributed by atoms with van der Waals surface area (Å²) in [5.41, 5.74) is -1.64. The van der Waals surface area contributed by atoms with Crippen LogP contribution in [0.4, 0.5) is 0 Å². The van der Waals surface area contributed by atoms with Crippen LogP contribution in [0.15, 0.2) is 0 Å². The molecular formula is C12H24N2O3. The monoisotopic (exact) mass is 244 g/mol. The minimum Gasteiger partial charge on any atom is -0.479 e. The number of likely N-dealkylation sites (tertiary alicyclic amines) is 1. The first-order valence-electron chi connectivity index (χ1n) is 6.32. The highest BCUT2D eigenvalue weighted by atomic mass is 16.4. The molecule has 0 aromatic heterocycles. The highest BCUT2D eigenvalue weighted by Crippen LogP contribution is 2.18. The summed E-state index contributed by atoms with van der Waals surface area (Å²) in [5, 5.41) is 18.6. The van der Waals surface area contributed by atoms with Gasteiger partial charge in [-0.05, 0) is 33.0 Å². The van der Waals surface area contributed by atoms with Crippen molar-refractivity contribution in [2.24, 2.45) is 0 Å². The summed E-state index contributed by atoms with van der Waals surface area (Å²) in [6.07, 6.45) is 1.05. The second kappa shape index (κ2) is 5.80. The number of likely N-dealkylation sites (N-methyl/N-ethyl adjacent to an activating group) is 1. The van der Waals surface area contributed by atoms with Crippen molar-refractivity contribution in [3.8, 4) is 0 Å². The number of hydrogen-bond acceptors (Lipinski definition) is 4. The van der Waals surface area contributed by atoms with Gasteiger partial charge >= 0.3 is 5.97 Å². The van der Waals surface area contributed by atoms with Gasteiger partial charge in [-0.1, -0.05) is 13.8 Å². The molecule has 1 heterocycles. The number of β-amino-alcohol motifs (C(OH)–C–C–N with tert-alkyl or cyclic N) is 1. The summed E-state index contributed by atoms with van der Waals surface area (Å²) in [5.74, 6) is -1.15. The second-order valence-electron chi connectivity index (χ2n) is 4.98. The molecule has 0 radical (unpaired) electrons. The van der Waals surface area contributed by atoms with Crippen LogP contribution in [-0.2, 0) is 4.79 Å². The highest BCUT2D eigenvalue weighted by Gasteiger charge is 2.35. The first-order chi connectivity index (χ1) is 7.90. The lowest BCUT2D eigenvalue weighted by atomic mass is 10.1. The van der Waals surface area contributed by atoms with Crippen molar-refractivity contribution in [2.75, 3.05) is 32.7 Å². The van der Waals surface area contributed by atoms with E-state index < -0.39 is 11.6 Å². The zero-order chi connectivity index (χ0) is 13.1. The second-order valence-corrected chi connectivity index (χ2v) is 4.98. The van der Waals surface area contributed by atoms with E-state index in [2.05, 4.69) is 18.7 Å². The molecule has 5 nitrogen and oxygen atoms in total. The average molecular weight is 244 g/mol. The third-order valence-corrected chi connectivity index (χ3v) is 3.57. The standard InChI is InChI=1S/C12H24N2O3/c1-4-14(5-2)10-6-7-13(8-10)9-12(3,17)11(15)16/h10,17H,4-9H2,1-3H3,(H,15,16). The van der Waals surface area contributed by atoms with Gasteiger partial charge in [0.05, 0.1) is 0 Å². The van der Waals surface area contributed by atoms with Gasteiger partial charge in [-0.3, -0.25) is 9.80 Å². The number of hydrogen-bond donors (Lipinski definition) is 2. The maximum atomic E-state index is 10.8. The van der Waals surface area contributed by atoms with E-state index in [9.17, 15) is 9.90 Å². The summed E-state index contributed by atoms with van der Waals surface area (Å²) in [7, 11) is 0. The van der Waals surface area contributed by atoms with E-state index in [1.54, 1.807) is 0 Å². The summed E-state index contributed by atoms with van der Waals surface area (Å²) < 4.78 is 0. The molecule has 5 heteroatoms. The molecule has 2 unspecified atom stereocenters. The minimum atomic E-state index is -1.64. The fourth-order valence-electron chi connectivity index (χ4n) is 2.50. The number of nitrogens with zero attached hydrogens (tertiary/aromatic N) is 2. The van der Waals surface area contributed by atoms with E-state index >= 15 is 0 Å². The Bertz CT molecular complexity index is 264. The number of carboxylic acid groups (broad SMARTS) is 1. The predicted molar refractivity (Wildman–Crippen MR) is 66.0 cm³/mol. The van der Waals surface area contributed by atoms with Crippen molar-refractivity contribution >= 4 is 5.97 Å². The van der Waals surface area contributed by atoms with Crippen LogP contribution in [0, 0.1) is 0 Å². The van der Waals surface area contributed by atoms with Crippen molar-refractivity contribution in [3.63, 3.8) is 0 Å². The molecule has 1 saturated heterocycles. The number of aliphatic hydroxyl groups is 1. The van der Waals surface area contributed by atoms with Gasteiger partial charge in [0, 0.05) is 19.1 Å². The van der Waals surface area contributed by atoms with Crippen LogP contribution in [0.1, 0.15) is 27.2 Å². The molecule has 2 N–H and O–H groups in total. The quantitative estimate of drug-likeness (QED) is 0.700. The van der Waals surface area contributed by atoms with E-state index in [4.69, 9.17) is 5.11 Å². The SMILES string of the molecule is CCN(CC)C1CCN(CC(C)(O)C(=O)O)C1. The Morgan fingerprint density at radius 3 is 2.53 bits per heavy atom. The Labute approximate surface area is 103 Å². The van der Waals surface area contributed by atoms with Gasteiger partial charge in [0.15, 0.2) is 5.60 Å². The van der Waals surface area contributed by atoms with Crippen LogP contribution in [-0.4, -0.2) is 70.3 Å². The first-order valence-corrected chi connectivity index (χ1v) is 6.32. The maximum Gasteiger partial charge on any atom is 0.336 e. The van der Waals surface area contributed by atoms with Gasteiger partial charge in [0.2, 0.25) is 0 Å². The van der Waals surface area contributed by atoms with Crippen LogP contribution in [0.3, 0.4) is 0 Å². The number of carbonyl (C=O) groups is 1. The smallest absolute Gasteiger partial charge is 0.336 e. The molecule has 1 fully saturated rings. The third-order valence-electron chi connectivity index (χ3n) is 3.57. The van der Waals surface area contributed by atoms with Gasteiger partial charge in [0.25, 0.3) is 0 Å². The van der Waals surface area contributed by atoms with Crippen molar-refractivity contribution < 1.29 is 15.0 Å². The van der Waals surface area contributed by atoms with E-state index in [1.165, 1.54) is 6.92 Å². The van der Waals surface area contributed by atoms with Gasteiger partial charge in [-0.25, -0.2) is 4.79 Å². The lowest BCUT2D eigenvalue weighted by Crippen LogP contribution is -2.47. The summed E-state index contributed by atoms with van der Waals surface area (Å²) in [4.78, 5) is 15.3. The van der Waals surface area contributed by atoms with E-state index in [0.29, 0.717) is 6.04 Å². The molecule has 0 spiro atoms. The predicted octanol–water partition coefficient (Wildman–Crippen LogP) is 0.238. The molecule has 1 aliphatic heterocycles. The molecule has 0 amide bonds. The molecule has 100 valence electrons. The lowest BCUT2D eigenvalue weighted by molar-refractivity contribution is -0.158. The molecule has 0 saturated carbocycles. The van der Waals surface area contributed by atoms with E-state index in [1.807, 2.05) is 4.90 Å². The molecule has 1 rings (SSSR count). The van der Waals surface area contributed by atoms with Crippen LogP contribution in [0.2, 0.25) is 0 Å². The molecular weight excluding hydrogens is 220 g/mol. The molecule has 0 aromatic rings. The lowest BCUT2D eigenvalue weighted by Gasteiger charge is -2.28. The largest absolute Gasteiger partial charge is 0.479 e. The van der Waals surface area contributed by atoms with Crippen molar-refractivity contribution in [1.29, 1.82) is 0 Å². The zero-order valence-corrected chi connectivity index (χ0v) is 11.0. The Balaban J connectivity index is 2.48. The Morgan fingerprint density at radius 2 is 2.06 bits per heavy atom. The molecule has 17 heavy (non-hydrogen) atoms. The maximum absolute atomic E-state index is 10.8. The van der Waals surface area contributed by atoms with Gasteiger partial charge < -0.3 is 10.2 Å². The average Bonchev–Trinajstić information content (AvgIpc) is 2.67. The Morgan fingerprint density at radius 1 is 1.47 bits per heavy atom. The first kappa shape index (κ1) is 14.4. The number of carboxylic acids is 1. The van der Waals surface area contributed by atoms with E-state index in [-0.39, 0.29) is 6.54 Å². The molecule has 0 bridgehead atoms. The molecule has 0 aliphatic carbocycles. The Kier molecular flexibility index (Phi) is 4.91. The summed E-state index contributed by atoms with van der Waals surface area (Å²) in [6.45, 7) is 9.60. The van der Waals surface area contributed by atoms with Crippen molar-refractivity contribution in [2.45, 2.75) is 38.8 Å². The van der Waals surface area contributed by atoms with Crippen LogP contribution >= 0.6 is 0 Å². The molecule has 1 aliphatic rings. The topological polar surface area (TPSA) is 64.0 Å². The normalized spacial score (nSPS) is 25.1. The van der Waals surface area contributed by atoms with Gasteiger partial charge in [-0.2, -0.15) is 0 Å². The fraction of sp³-hybridized carbons (Fsp3) is 0.917. The number of aliphatic carboxylic acids is 1. The third kappa shape index (κ3) is 3.66. The summed E-state index contributed by atoms with van der Waals surface area (Å²) in [6, 6.07) is 0.495. The van der Waals surface area contributed by atoms with Crippen LogP contribution in [0.25, 0.3) is 0 Å². The fourth-order valence-corrected chi connectivity index (χ4v) is 2.50. The van der Waals surface area contributed by atoms with Gasteiger partial charge in [0.1, 0.15) is 0 Å². The Hall–Kier alpha value is -0.650. The minimum absolute atomic E-state index is 0.208. The number of rotatable bonds is 6. The van der Waals surface area contributed by atoms with Crippen LogP contribution in [0.5, 0.6) is 0 Å². The molecule has 0 aromatic carbocycles. The highest BCUT2D eigenvalue weighted by molar-refractivity contribution is 5.76. The zero-order valence-electron chi connectivity index (χ0n) is 11.0. The van der Waals surface area contributed by atoms with Crippen LogP contribution < -0.4 is 0 Å². The van der Waals surface area contributed by atoms with Crippen molar-refractivity contribution in [1.82, 2.24) is 9.80 Å². The van der Waals surface area contributed by atoms with Gasteiger partial charge in [-0.15, -0.1) is 0 Å². The van der Waals surface area contributed by atoms with E-state index in [0.717, 1.165) is 32.6 Å². The van der Waals surface area contributed by atoms with Crippen molar-refractivity contribution in [3.05, 3.63) is 0 Å². The molecule has 2 atom stereocenters.